The number of amides is 1. The van der Waals surface area contributed by atoms with Crippen LogP contribution in [0.4, 0.5) is 5.82 Å². The van der Waals surface area contributed by atoms with Gasteiger partial charge in [-0.1, -0.05) is 6.07 Å². The standard InChI is InChI=1S/C22H31N5O/c1-22(2,3)27-19(14-18(25-27)16-9-10-16)21(28)24-15-17-8-7-11-23-20(17)26-12-5-4-6-13-26/h7-8,11,14,16H,4-6,9-10,12-13,15H2,1-3H3,(H,24,28). The molecule has 150 valence electrons. The molecule has 28 heavy (non-hydrogen) atoms. The second-order valence-electron chi connectivity index (χ2n) is 9.03. The minimum atomic E-state index is -0.229. The number of carbonyl (C=O) groups excluding carboxylic acids is 1. The molecule has 1 saturated heterocycles. The Morgan fingerprint density at radius 2 is 1.96 bits per heavy atom. The zero-order valence-electron chi connectivity index (χ0n) is 17.2. The van der Waals surface area contributed by atoms with Gasteiger partial charge in [0.15, 0.2) is 0 Å². The molecule has 2 aliphatic rings. The molecule has 6 nitrogen and oxygen atoms in total. The largest absolute Gasteiger partial charge is 0.356 e. The number of pyridine rings is 1. The van der Waals surface area contributed by atoms with Crippen LogP contribution in [0.2, 0.25) is 0 Å². The average Bonchev–Trinajstić information content (AvgIpc) is 3.44. The lowest BCUT2D eigenvalue weighted by atomic mass is 10.1. The van der Waals surface area contributed by atoms with Gasteiger partial charge in [0.2, 0.25) is 0 Å². The molecule has 1 aliphatic carbocycles. The van der Waals surface area contributed by atoms with E-state index in [0.29, 0.717) is 18.2 Å². The fourth-order valence-electron chi connectivity index (χ4n) is 3.88. The first-order valence-corrected chi connectivity index (χ1v) is 10.5. The summed E-state index contributed by atoms with van der Waals surface area (Å²) >= 11 is 0. The molecular formula is C22H31N5O. The van der Waals surface area contributed by atoms with E-state index in [1.165, 1.54) is 32.1 Å². The summed E-state index contributed by atoms with van der Waals surface area (Å²) in [4.78, 5) is 20.0. The van der Waals surface area contributed by atoms with Gasteiger partial charge in [0.25, 0.3) is 5.91 Å². The van der Waals surface area contributed by atoms with E-state index in [1.807, 2.05) is 23.0 Å². The van der Waals surface area contributed by atoms with Crippen molar-refractivity contribution in [1.29, 1.82) is 0 Å². The number of rotatable bonds is 5. The van der Waals surface area contributed by atoms with E-state index in [0.717, 1.165) is 30.2 Å². The molecule has 1 amide bonds. The zero-order valence-corrected chi connectivity index (χ0v) is 17.2. The van der Waals surface area contributed by atoms with Gasteiger partial charge >= 0.3 is 0 Å². The van der Waals surface area contributed by atoms with Crippen molar-refractivity contribution in [2.24, 2.45) is 0 Å². The van der Waals surface area contributed by atoms with Gasteiger partial charge in [-0.25, -0.2) is 4.98 Å². The molecule has 2 aromatic heterocycles. The van der Waals surface area contributed by atoms with Gasteiger partial charge in [0.1, 0.15) is 11.5 Å². The summed E-state index contributed by atoms with van der Waals surface area (Å²) in [5.74, 6) is 1.47. The molecule has 0 radical (unpaired) electrons. The van der Waals surface area contributed by atoms with Crippen LogP contribution in [0.3, 0.4) is 0 Å². The number of hydrogen-bond donors (Lipinski definition) is 1. The molecule has 4 rings (SSSR count). The minimum absolute atomic E-state index is 0.0669. The van der Waals surface area contributed by atoms with Crippen molar-refractivity contribution < 1.29 is 4.79 Å². The van der Waals surface area contributed by atoms with Crippen LogP contribution >= 0.6 is 0 Å². The van der Waals surface area contributed by atoms with E-state index in [4.69, 9.17) is 5.10 Å². The lowest BCUT2D eigenvalue weighted by Gasteiger charge is -2.29. The average molecular weight is 382 g/mol. The van der Waals surface area contributed by atoms with Crippen LogP contribution in [0.15, 0.2) is 24.4 Å². The predicted octanol–water partition coefficient (Wildman–Crippen LogP) is 3.83. The predicted molar refractivity (Wildman–Crippen MR) is 111 cm³/mol. The molecule has 2 fully saturated rings. The smallest absolute Gasteiger partial charge is 0.269 e. The van der Waals surface area contributed by atoms with E-state index in [2.05, 4.69) is 42.0 Å². The van der Waals surface area contributed by atoms with Crippen molar-refractivity contribution in [3.63, 3.8) is 0 Å². The molecule has 1 aliphatic heterocycles. The number of hydrogen-bond acceptors (Lipinski definition) is 4. The summed E-state index contributed by atoms with van der Waals surface area (Å²) in [6, 6.07) is 5.99. The number of nitrogens with zero attached hydrogens (tertiary/aromatic N) is 4. The Kier molecular flexibility index (Phi) is 5.13. The zero-order chi connectivity index (χ0) is 19.7. The maximum Gasteiger partial charge on any atom is 0.269 e. The van der Waals surface area contributed by atoms with Crippen molar-refractivity contribution >= 4 is 11.7 Å². The quantitative estimate of drug-likeness (QED) is 0.855. The first kappa shape index (κ1) is 19.0. The van der Waals surface area contributed by atoms with Gasteiger partial charge in [-0.2, -0.15) is 5.10 Å². The Hall–Kier alpha value is -2.37. The third-order valence-corrected chi connectivity index (χ3v) is 5.55. The van der Waals surface area contributed by atoms with Crippen molar-refractivity contribution in [3.05, 3.63) is 41.3 Å². The molecule has 0 aromatic carbocycles. The highest BCUT2D eigenvalue weighted by atomic mass is 16.2. The number of carbonyl (C=O) groups is 1. The fourth-order valence-corrected chi connectivity index (χ4v) is 3.88. The van der Waals surface area contributed by atoms with Gasteiger partial charge in [-0.05, 0) is 65.0 Å². The van der Waals surface area contributed by atoms with E-state index in [-0.39, 0.29) is 11.4 Å². The molecule has 0 bridgehead atoms. The van der Waals surface area contributed by atoms with E-state index < -0.39 is 0 Å². The molecule has 0 unspecified atom stereocenters. The van der Waals surface area contributed by atoms with Crippen LogP contribution in [0.1, 0.15) is 80.5 Å². The van der Waals surface area contributed by atoms with Crippen LogP contribution in [0.5, 0.6) is 0 Å². The Balaban J connectivity index is 1.51. The van der Waals surface area contributed by atoms with Crippen LogP contribution in [0.25, 0.3) is 0 Å². The van der Waals surface area contributed by atoms with Gasteiger partial charge in [-0.3, -0.25) is 9.48 Å². The summed E-state index contributed by atoms with van der Waals surface area (Å²) in [7, 11) is 0. The van der Waals surface area contributed by atoms with Gasteiger partial charge in [0, 0.05) is 37.3 Å². The molecule has 1 N–H and O–H groups in total. The molecular weight excluding hydrogens is 350 g/mol. The summed E-state index contributed by atoms with van der Waals surface area (Å²) < 4.78 is 1.88. The number of piperidine rings is 1. The summed E-state index contributed by atoms with van der Waals surface area (Å²) in [5.41, 5.74) is 2.54. The molecule has 2 aromatic rings. The topological polar surface area (TPSA) is 63.1 Å². The van der Waals surface area contributed by atoms with Gasteiger partial charge in [-0.15, -0.1) is 0 Å². The van der Waals surface area contributed by atoms with Crippen LogP contribution in [-0.4, -0.2) is 33.8 Å². The third kappa shape index (κ3) is 4.05. The molecule has 1 saturated carbocycles. The molecule has 6 heteroatoms. The summed E-state index contributed by atoms with van der Waals surface area (Å²) in [6.07, 6.45) is 7.89. The molecule has 0 spiro atoms. The van der Waals surface area contributed by atoms with Crippen molar-refractivity contribution in [3.8, 4) is 0 Å². The Morgan fingerprint density at radius 1 is 1.21 bits per heavy atom. The Bertz CT molecular complexity index is 841. The van der Waals surface area contributed by atoms with Gasteiger partial charge in [0.05, 0.1) is 11.2 Å². The lowest BCUT2D eigenvalue weighted by molar-refractivity contribution is 0.0932. The minimum Gasteiger partial charge on any atom is -0.356 e. The first-order chi connectivity index (χ1) is 13.4. The molecule has 0 atom stereocenters. The SMILES string of the molecule is CC(C)(C)n1nc(C2CC2)cc1C(=O)NCc1cccnc1N1CCCCC1. The van der Waals surface area contributed by atoms with E-state index >= 15 is 0 Å². The highest BCUT2D eigenvalue weighted by molar-refractivity contribution is 5.92. The number of aromatic nitrogens is 3. The second kappa shape index (κ2) is 7.57. The van der Waals surface area contributed by atoms with Crippen LogP contribution in [-0.2, 0) is 12.1 Å². The summed E-state index contributed by atoms with van der Waals surface area (Å²) in [5, 5.41) is 7.86. The molecule has 3 heterocycles. The van der Waals surface area contributed by atoms with E-state index in [9.17, 15) is 4.79 Å². The van der Waals surface area contributed by atoms with Crippen molar-refractivity contribution in [1.82, 2.24) is 20.1 Å². The lowest BCUT2D eigenvalue weighted by Crippen LogP contribution is -2.34. The number of nitrogens with one attached hydrogen (secondary N) is 1. The Morgan fingerprint density at radius 3 is 2.64 bits per heavy atom. The second-order valence-corrected chi connectivity index (χ2v) is 9.03. The fraction of sp³-hybridized carbons (Fsp3) is 0.591. The van der Waals surface area contributed by atoms with Crippen molar-refractivity contribution in [2.45, 2.75) is 70.9 Å². The third-order valence-electron chi connectivity index (χ3n) is 5.55. The monoisotopic (exact) mass is 381 g/mol. The van der Waals surface area contributed by atoms with Crippen molar-refractivity contribution in [2.75, 3.05) is 18.0 Å². The van der Waals surface area contributed by atoms with Crippen LogP contribution in [0, 0.1) is 0 Å². The first-order valence-electron chi connectivity index (χ1n) is 10.5. The maximum absolute atomic E-state index is 13.0. The highest BCUT2D eigenvalue weighted by Crippen LogP contribution is 2.40. The van der Waals surface area contributed by atoms with Gasteiger partial charge < -0.3 is 10.2 Å². The Labute approximate surface area is 167 Å². The number of anilines is 1. The van der Waals surface area contributed by atoms with Crippen LogP contribution < -0.4 is 10.2 Å². The highest BCUT2D eigenvalue weighted by Gasteiger charge is 2.31. The normalized spacial score (nSPS) is 17.6. The maximum atomic E-state index is 13.0. The van der Waals surface area contributed by atoms with E-state index in [1.54, 1.807) is 0 Å². The summed E-state index contributed by atoms with van der Waals surface area (Å²) in [6.45, 7) is 8.82.